The minimum Gasteiger partial charge on any atom is -0.351 e. The number of fused-ring (bicyclic) bond motifs is 1. The molecule has 1 heterocycles. The molecule has 3 N–H and O–H groups in total. The summed E-state index contributed by atoms with van der Waals surface area (Å²) in [5.74, 6) is 0.816. The maximum absolute atomic E-state index is 11.9. The first-order valence-corrected chi connectivity index (χ1v) is 7.12. The highest BCUT2D eigenvalue weighted by Crippen LogP contribution is 2.32. The van der Waals surface area contributed by atoms with Crippen LogP contribution in [0.5, 0.6) is 0 Å². The zero-order valence-electron chi connectivity index (χ0n) is 10.3. The molecular weight excluding hydrogens is 232 g/mol. The molecule has 0 fully saturated rings. The van der Waals surface area contributed by atoms with Crippen molar-refractivity contribution in [2.24, 2.45) is 11.7 Å². The minimum absolute atomic E-state index is 0.0607. The Morgan fingerprint density at radius 1 is 1.65 bits per heavy atom. The first-order valence-electron chi connectivity index (χ1n) is 6.30. The smallest absolute Gasteiger partial charge is 0.261 e. The van der Waals surface area contributed by atoms with E-state index in [9.17, 15) is 4.79 Å². The van der Waals surface area contributed by atoms with Crippen LogP contribution in [0.4, 0.5) is 0 Å². The van der Waals surface area contributed by atoms with Gasteiger partial charge >= 0.3 is 0 Å². The van der Waals surface area contributed by atoms with E-state index in [1.807, 2.05) is 0 Å². The third-order valence-corrected chi connectivity index (χ3v) is 4.46. The summed E-state index contributed by atoms with van der Waals surface area (Å²) in [4.78, 5) is 14.1. The molecular formula is C13H20N2OS. The molecule has 0 aliphatic heterocycles. The van der Waals surface area contributed by atoms with E-state index in [-0.39, 0.29) is 5.91 Å². The minimum atomic E-state index is 0.0607. The molecule has 94 valence electrons. The molecule has 17 heavy (non-hydrogen) atoms. The second-order valence-corrected chi connectivity index (χ2v) is 5.94. The number of carbonyl (C=O) groups excluding carboxylic acids is 1. The first kappa shape index (κ1) is 12.6. The van der Waals surface area contributed by atoms with E-state index in [0.29, 0.717) is 13.1 Å². The van der Waals surface area contributed by atoms with Crippen LogP contribution in [0.1, 0.15) is 39.9 Å². The molecule has 1 aromatic rings. The fourth-order valence-electron chi connectivity index (χ4n) is 2.21. The van der Waals surface area contributed by atoms with E-state index in [1.54, 1.807) is 11.3 Å². The van der Waals surface area contributed by atoms with Crippen LogP contribution in [0.3, 0.4) is 0 Å². The topological polar surface area (TPSA) is 55.1 Å². The van der Waals surface area contributed by atoms with Crippen molar-refractivity contribution in [2.45, 2.75) is 32.6 Å². The third kappa shape index (κ3) is 3.07. The highest BCUT2D eigenvalue weighted by Gasteiger charge is 2.20. The summed E-state index contributed by atoms with van der Waals surface area (Å²) in [7, 11) is 0. The van der Waals surface area contributed by atoms with Gasteiger partial charge in [-0.1, -0.05) is 6.92 Å². The zero-order valence-corrected chi connectivity index (χ0v) is 11.1. The van der Waals surface area contributed by atoms with Gasteiger partial charge in [-0.3, -0.25) is 4.79 Å². The van der Waals surface area contributed by atoms with Gasteiger partial charge in [0.1, 0.15) is 0 Å². The van der Waals surface area contributed by atoms with Gasteiger partial charge in [-0.05, 0) is 49.8 Å². The quantitative estimate of drug-likeness (QED) is 0.805. The fourth-order valence-corrected chi connectivity index (χ4v) is 3.33. The lowest BCUT2D eigenvalue weighted by Gasteiger charge is -2.16. The van der Waals surface area contributed by atoms with E-state index in [2.05, 4.69) is 18.3 Å². The highest BCUT2D eigenvalue weighted by atomic mass is 32.1. The SMILES string of the molecule is CC1CCc2sc(C(=O)NCCCN)cc2C1. The Labute approximate surface area is 106 Å². The summed E-state index contributed by atoms with van der Waals surface area (Å²) in [5.41, 5.74) is 6.79. The summed E-state index contributed by atoms with van der Waals surface area (Å²) in [6, 6.07) is 2.08. The van der Waals surface area contributed by atoms with Crippen molar-refractivity contribution in [3.8, 4) is 0 Å². The van der Waals surface area contributed by atoms with Gasteiger partial charge in [0.05, 0.1) is 4.88 Å². The van der Waals surface area contributed by atoms with Gasteiger partial charge in [-0.2, -0.15) is 0 Å². The molecule has 0 bridgehead atoms. The second kappa shape index (κ2) is 5.65. The largest absolute Gasteiger partial charge is 0.351 e. The number of rotatable bonds is 4. The zero-order chi connectivity index (χ0) is 12.3. The molecule has 3 nitrogen and oxygen atoms in total. The molecule has 1 aliphatic carbocycles. The number of aryl methyl sites for hydroxylation is 1. The van der Waals surface area contributed by atoms with Crippen LogP contribution in [-0.4, -0.2) is 19.0 Å². The van der Waals surface area contributed by atoms with Gasteiger partial charge in [0, 0.05) is 11.4 Å². The molecule has 1 aromatic heterocycles. The lowest BCUT2D eigenvalue weighted by Crippen LogP contribution is -2.25. The van der Waals surface area contributed by atoms with Crippen molar-refractivity contribution >= 4 is 17.2 Å². The van der Waals surface area contributed by atoms with E-state index >= 15 is 0 Å². The standard InChI is InChI=1S/C13H20N2OS/c1-9-3-4-11-10(7-9)8-12(17-11)13(16)15-6-2-5-14/h8-9H,2-7,14H2,1H3,(H,15,16). The Hall–Kier alpha value is -0.870. The highest BCUT2D eigenvalue weighted by molar-refractivity contribution is 7.14. The molecule has 0 saturated heterocycles. The number of nitrogens with one attached hydrogen (secondary N) is 1. The van der Waals surface area contributed by atoms with Gasteiger partial charge in [-0.15, -0.1) is 11.3 Å². The van der Waals surface area contributed by atoms with Crippen LogP contribution < -0.4 is 11.1 Å². The number of amides is 1. The third-order valence-electron chi connectivity index (χ3n) is 3.22. The molecule has 0 spiro atoms. The molecule has 1 aliphatic rings. The molecule has 2 rings (SSSR count). The van der Waals surface area contributed by atoms with Gasteiger partial charge < -0.3 is 11.1 Å². The van der Waals surface area contributed by atoms with Crippen molar-refractivity contribution in [3.05, 3.63) is 21.4 Å². The molecule has 1 atom stereocenters. The maximum atomic E-state index is 11.9. The van der Waals surface area contributed by atoms with E-state index in [4.69, 9.17) is 5.73 Å². The number of hydrogen-bond acceptors (Lipinski definition) is 3. The van der Waals surface area contributed by atoms with Gasteiger partial charge in [-0.25, -0.2) is 0 Å². The van der Waals surface area contributed by atoms with E-state index in [1.165, 1.54) is 16.9 Å². The van der Waals surface area contributed by atoms with Crippen molar-refractivity contribution in [3.63, 3.8) is 0 Å². The lowest BCUT2D eigenvalue weighted by molar-refractivity contribution is 0.0957. The van der Waals surface area contributed by atoms with Crippen LogP contribution in [0.25, 0.3) is 0 Å². The summed E-state index contributed by atoms with van der Waals surface area (Å²) < 4.78 is 0. The summed E-state index contributed by atoms with van der Waals surface area (Å²) >= 11 is 1.66. The van der Waals surface area contributed by atoms with Crippen LogP contribution in [-0.2, 0) is 12.8 Å². The van der Waals surface area contributed by atoms with Gasteiger partial charge in [0.2, 0.25) is 0 Å². The van der Waals surface area contributed by atoms with Crippen LogP contribution >= 0.6 is 11.3 Å². The Balaban J connectivity index is 2.00. The van der Waals surface area contributed by atoms with Crippen molar-refractivity contribution in [1.82, 2.24) is 5.32 Å². The fraction of sp³-hybridized carbons (Fsp3) is 0.615. The summed E-state index contributed by atoms with van der Waals surface area (Å²) in [5, 5.41) is 2.91. The first-order chi connectivity index (χ1) is 8.20. The average molecular weight is 252 g/mol. The van der Waals surface area contributed by atoms with Crippen LogP contribution in [0.2, 0.25) is 0 Å². The Morgan fingerprint density at radius 3 is 3.24 bits per heavy atom. The normalized spacial score (nSPS) is 18.8. The number of hydrogen-bond donors (Lipinski definition) is 2. The van der Waals surface area contributed by atoms with Crippen LogP contribution in [0.15, 0.2) is 6.07 Å². The van der Waals surface area contributed by atoms with E-state index in [0.717, 1.165) is 30.1 Å². The predicted molar refractivity (Wildman–Crippen MR) is 71.5 cm³/mol. The average Bonchev–Trinajstić information content (AvgIpc) is 2.72. The molecule has 1 unspecified atom stereocenters. The van der Waals surface area contributed by atoms with Crippen molar-refractivity contribution in [1.29, 1.82) is 0 Å². The summed E-state index contributed by atoms with van der Waals surface area (Å²) in [6.45, 7) is 3.58. The second-order valence-electron chi connectivity index (χ2n) is 4.81. The van der Waals surface area contributed by atoms with Crippen molar-refractivity contribution in [2.75, 3.05) is 13.1 Å². The van der Waals surface area contributed by atoms with Gasteiger partial charge in [0.15, 0.2) is 0 Å². The predicted octanol–water partition coefficient (Wildman–Crippen LogP) is 1.95. The molecule has 1 amide bonds. The Bertz CT molecular complexity index is 400. The molecule has 0 aromatic carbocycles. The van der Waals surface area contributed by atoms with Gasteiger partial charge in [0.25, 0.3) is 5.91 Å². The maximum Gasteiger partial charge on any atom is 0.261 e. The Kier molecular flexibility index (Phi) is 4.18. The Morgan fingerprint density at radius 2 is 2.47 bits per heavy atom. The summed E-state index contributed by atoms with van der Waals surface area (Å²) in [6.07, 6.45) is 4.36. The lowest BCUT2D eigenvalue weighted by atomic mass is 9.90. The number of carbonyl (C=O) groups is 1. The van der Waals surface area contributed by atoms with E-state index < -0.39 is 0 Å². The molecule has 4 heteroatoms. The number of nitrogens with two attached hydrogens (primary N) is 1. The monoisotopic (exact) mass is 252 g/mol. The number of thiophene rings is 1. The van der Waals surface area contributed by atoms with Crippen LogP contribution in [0, 0.1) is 5.92 Å². The van der Waals surface area contributed by atoms with Crippen molar-refractivity contribution < 1.29 is 4.79 Å². The molecule has 0 saturated carbocycles. The molecule has 0 radical (unpaired) electrons.